The molecule has 0 aromatic heterocycles. The molecular weight excluding hydrogens is 218 g/mol. The van der Waals surface area contributed by atoms with Gasteiger partial charge in [0.05, 0.1) is 0 Å². The quantitative estimate of drug-likeness (QED) is 0.837. The molecule has 3 rings (SSSR count). The maximum Gasteiger partial charge on any atom is 0.0326 e. The Balaban J connectivity index is 1.67. The van der Waals surface area contributed by atoms with E-state index in [2.05, 4.69) is 37.4 Å². The summed E-state index contributed by atoms with van der Waals surface area (Å²) < 4.78 is 0. The third-order valence-corrected chi connectivity index (χ3v) is 5.27. The van der Waals surface area contributed by atoms with Crippen molar-refractivity contribution in [2.24, 2.45) is 5.41 Å². The van der Waals surface area contributed by atoms with Gasteiger partial charge in [0.15, 0.2) is 0 Å². The molecule has 0 aliphatic heterocycles. The Bertz CT molecular complexity index is 426. The third kappa shape index (κ3) is 2.09. The Morgan fingerprint density at radius 3 is 2.83 bits per heavy atom. The molecule has 0 saturated heterocycles. The molecule has 0 radical (unpaired) electrons. The zero-order chi connectivity index (χ0) is 12.6. The summed E-state index contributed by atoms with van der Waals surface area (Å²) in [5, 5.41) is 3.86. The molecule has 1 nitrogen and oxygen atoms in total. The van der Waals surface area contributed by atoms with Crippen LogP contribution in [-0.4, -0.2) is 6.54 Å². The fourth-order valence-electron chi connectivity index (χ4n) is 3.61. The van der Waals surface area contributed by atoms with E-state index in [0.29, 0.717) is 11.5 Å². The predicted octanol–water partition coefficient (Wildman–Crippen LogP) is 4.15. The molecule has 1 N–H and O–H groups in total. The first kappa shape index (κ1) is 12.2. The first-order valence-corrected chi connectivity index (χ1v) is 7.55. The molecule has 1 aromatic carbocycles. The van der Waals surface area contributed by atoms with Crippen molar-refractivity contribution in [3.8, 4) is 0 Å². The van der Waals surface area contributed by atoms with Gasteiger partial charge in [0, 0.05) is 12.6 Å². The van der Waals surface area contributed by atoms with Crippen molar-refractivity contribution in [2.75, 3.05) is 6.54 Å². The molecule has 0 amide bonds. The number of benzene rings is 1. The molecule has 1 aromatic rings. The van der Waals surface area contributed by atoms with Crippen molar-refractivity contribution in [3.05, 3.63) is 34.9 Å². The van der Waals surface area contributed by atoms with Crippen molar-refractivity contribution in [3.63, 3.8) is 0 Å². The highest BCUT2D eigenvalue weighted by atomic mass is 14.9. The molecule has 1 fully saturated rings. The highest BCUT2D eigenvalue weighted by Crippen LogP contribution is 2.44. The Kier molecular flexibility index (Phi) is 3.19. The lowest BCUT2D eigenvalue weighted by molar-refractivity contribution is 0.119. The highest BCUT2D eigenvalue weighted by molar-refractivity contribution is 5.37. The molecule has 1 atom stereocenters. The smallest absolute Gasteiger partial charge is 0.0326 e. The van der Waals surface area contributed by atoms with Gasteiger partial charge in [0.25, 0.3) is 0 Å². The Morgan fingerprint density at radius 2 is 2.17 bits per heavy atom. The fourth-order valence-corrected chi connectivity index (χ4v) is 3.61. The Morgan fingerprint density at radius 1 is 1.33 bits per heavy atom. The van der Waals surface area contributed by atoms with Crippen LogP contribution in [-0.2, 0) is 6.42 Å². The van der Waals surface area contributed by atoms with E-state index in [1.807, 2.05) is 0 Å². The number of rotatable bonds is 4. The second-order valence-electron chi connectivity index (χ2n) is 6.38. The van der Waals surface area contributed by atoms with Crippen LogP contribution in [0, 0.1) is 12.3 Å². The van der Waals surface area contributed by atoms with Crippen LogP contribution < -0.4 is 5.32 Å². The van der Waals surface area contributed by atoms with Gasteiger partial charge >= 0.3 is 0 Å². The van der Waals surface area contributed by atoms with E-state index in [1.54, 1.807) is 11.1 Å². The van der Waals surface area contributed by atoms with Gasteiger partial charge in [0.1, 0.15) is 0 Å². The minimum Gasteiger partial charge on any atom is -0.309 e. The van der Waals surface area contributed by atoms with E-state index in [-0.39, 0.29) is 0 Å². The average molecular weight is 243 g/mol. The van der Waals surface area contributed by atoms with Gasteiger partial charge in [-0.3, -0.25) is 0 Å². The van der Waals surface area contributed by atoms with Crippen molar-refractivity contribution in [1.82, 2.24) is 5.32 Å². The van der Waals surface area contributed by atoms with Crippen LogP contribution in [0.15, 0.2) is 18.2 Å². The molecular formula is C17H25N. The van der Waals surface area contributed by atoms with Crippen LogP contribution >= 0.6 is 0 Å². The summed E-state index contributed by atoms with van der Waals surface area (Å²) in [6.45, 7) is 5.78. The second-order valence-corrected chi connectivity index (χ2v) is 6.38. The van der Waals surface area contributed by atoms with E-state index in [1.165, 1.54) is 50.6 Å². The Labute approximate surface area is 111 Å². The van der Waals surface area contributed by atoms with Crippen molar-refractivity contribution < 1.29 is 0 Å². The van der Waals surface area contributed by atoms with Crippen molar-refractivity contribution in [2.45, 2.75) is 58.4 Å². The molecule has 0 heterocycles. The maximum atomic E-state index is 3.86. The van der Waals surface area contributed by atoms with Crippen LogP contribution in [0.2, 0.25) is 0 Å². The lowest BCUT2D eigenvalue weighted by atomic mass is 9.67. The van der Waals surface area contributed by atoms with Gasteiger partial charge in [-0.25, -0.2) is 0 Å². The summed E-state index contributed by atoms with van der Waals surface area (Å²) >= 11 is 0. The summed E-state index contributed by atoms with van der Waals surface area (Å²) in [4.78, 5) is 0. The van der Waals surface area contributed by atoms with E-state index >= 15 is 0 Å². The van der Waals surface area contributed by atoms with Crippen LogP contribution in [0.1, 0.15) is 61.8 Å². The molecule has 2 aliphatic rings. The van der Waals surface area contributed by atoms with E-state index in [4.69, 9.17) is 0 Å². The van der Waals surface area contributed by atoms with Crippen molar-refractivity contribution in [1.29, 1.82) is 0 Å². The van der Waals surface area contributed by atoms with Crippen LogP contribution in [0.4, 0.5) is 0 Å². The van der Waals surface area contributed by atoms with Gasteiger partial charge in [-0.15, -0.1) is 0 Å². The van der Waals surface area contributed by atoms with Crippen LogP contribution in [0.5, 0.6) is 0 Å². The summed E-state index contributed by atoms with van der Waals surface area (Å²) in [6, 6.07) is 7.58. The zero-order valence-electron chi connectivity index (χ0n) is 11.8. The molecule has 0 bridgehead atoms. The number of fused-ring (bicyclic) bond motifs is 1. The van der Waals surface area contributed by atoms with Gasteiger partial charge < -0.3 is 5.32 Å². The normalized spacial score (nSPS) is 24.7. The summed E-state index contributed by atoms with van der Waals surface area (Å²) in [6.07, 6.45) is 8.20. The molecule has 1 unspecified atom stereocenters. The summed E-state index contributed by atoms with van der Waals surface area (Å²) in [5.74, 6) is 0. The molecule has 2 aliphatic carbocycles. The molecule has 1 saturated carbocycles. The van der Waals surface area contributed by atoms with Crippen molar-refractivity contribution >= 4 is 0 Å². The maximum absolute atomic E-state index is 3.86. The zero-order valence-corrected chi connectivity index (χ0v) is 11.8. The number of hydrogen-bond acceptors (Lipinski definition) is 1. The lowest BCUT2D eigenvalue weighted by Gasteiger charge is -2.42. The van der Waals surface area contributed by atoms with E-state index < -0.39 is 0 Å². The van der Waals surface area contributed by atoms with Crippen LogP contribution in [0.25, 0.3) is 0 Å². The summed E-state index contributed by atoms with van der Waals surface area (Å²) in [7, 11) is 0. The number of nitrogens with one attached hydrogen (secondary N) is 1. The van der Waals surface area contributed by atoms with Gasteiger partial charge in [-0.1, -0.05) is 37.1 Å². The largest absolute Gasteiger partial charge is 0.309 e. The second kappa shape index (κ2) is 4.70. The predicted molar refractivity (Wildman–Crippen MR) is 76.8 cm³/mol. The molecule has 1 heteroatoms. The topological polar surface area (TPSA) is 12.0 Å². The number of aryl methyl sites for hydroxylation is 2. The minimum atomic E-state index is 0.615. The lowest BCUT2D eigenvalue weighted by Crippen LogP contribution is -2.40. The third-order valence-electron chi connectivity index (χ3n) is 5.27. The monoisotopic (exact) mass is 243 g/mol. The molecule has 98 valence electrons. The average Bonchev–Trinajstić information content (AvgIpc) is 2.71. The molecule has 18 heavy (non-hydrogen) atoms. The minimum absolute atomic E-state index is 0.615. The van der Waals surface area contributed by atoms with E-state index in [0.717, 1.165) is 0 Å². The SMILES string of the molecule is CCC1(CNC2CCc3ccc(C)cc32)CCC1. The van der Waals surface area contributed by atoms with Crippen LogP contribution in [0.3, 0.4) is 0 Å². The Hall–Kier alpha value is -0.820. The van der Waals surface area contributed by atoms with E-state index in [9.17, 15) is 0 Å². The number of hydrogen-bond donors (Lipinski definition) is 1. The molecule has 0 spiro atoms. The van der Waals surface area contributed by atoms with Gasteiger partial charge in [-0.05, 0) is 55.6 Å². The van der Waals surface area contributed by atoms with Gasteiger partial charge in [0.2, 0.25) is 0 Å². The highest BCUT2D eigenvalue weighted by Gasteiger charge is 2.35. The van der Waals surface area contributed by atoms with Gasteiger partial charge in [-0.2, -0.15) is 0 Å². The standard InChI is InChI=1S/C17H25N/c1-3-17(9-4-10-17)12-18-16-8-7-14-6-5-13(2)11-15(14)16/h5-6,11,16,18H,3-4,7-10,12H2,1-2H3. The first-order valence-electron chi connectivity index (χ1n) is 7.55. The summed E-state index contributed by atoms with van der Waals surface area (Å²) in [5.41, 5.74) is 5.17. The first-order chi connectivity index (χ1) is 8.72. The fraction of sp³-hybridized carbons (Fsp3) is 0.647.